The Morgan fingerprint density at radius 2 is 1.86 bits per heavy atom. The lowest BCUT2D eigenvalue weighted by Crippen LogP contribution is -2.21. The maximum atomic E-state index is 8.84. The van der Waals surface area contributed by atoms with Crippen LogP contribution in [0.25, 0.3) is 10.2 Å². The van der Waals surface area contributed by atoms with Gasteiger partial charge in [0.2, 0.25) is 0 Å². The topological polar surface area (TPSA) is 36.7 Å². The summed E-state index contributed by atoms with van der Waals surface area (Å²) in [5.74, 6) is 2.21. The number of aromatic nitrogens is 1. The zero-order valence-corrected chi connectivity index (χ0v) is 12.9. The van der Waals surface area contributed by atoms with Crippen LogP contribution in [-0.2, 0) is 6.42 Å². The van der Waals surface area contributed by atoms with E-state index < -0.39 is 0 Å². The Kier molecular flexibility index (Phi) is 3.40. The second-order valence-corrected chi connectivity index (χ2v) is 6.96. The fraction of sp³-hybridized carbons (Fsp3) is 0.211. The highest BCUT2D eigenvalue weighted by atomic mass is 32.1. The molecule has 0 aliphatic heterocycles. The van der Waals surface area contributed by atoms with E-state index in [4.69, 9.17) is 10.2 Å². The van der Waals surface area contributed by atoms with Gasteiger partial charge in [0.05, 0.1) is 26.9 Å². The number of benzene rings is 2. The average Bonchev–Trinajstić information content (AvgIpc) is 2.93. The normalized spacial score (nSPS) is 15.6. The maximum Gasteiger partial charge on any atom is 0.0991 e. The Morgan fingerprint density at radius 3 is 2.59 bits per heavy atom. The first-order valence-corrected chi connectivity index (χ1v) is 8.31. The number of fused-ring (bicyclic) bond motifs is 1. The van der Waals surface area contributed by atoms with Gasteiger partial charge >= 0.3 is 0 Å². The van der Waals surface area contributed by atoms with Gasteiger partial charge in [-0.15, -0.1) is 11.3 Å². The molecule has 0 unspecified atom stereocenters. The highest BCUT2D eigenvalue weighted by Crippen LogP contribution is 2.45. The summed E-state index contributed by atoms with van der Waals surface area (Å²) in [6.07, 6.45) is 3.33. The van der Waals surface area contributed by atoms with Gasteiger partial charge in [0.25, 0.3) is 0 Å². The van der Waals surface area contributed by atoms with Gasteiger partial charge in [0.1, 0.15) is 0 Å². The van der Waals surface area contributed by atoms with Crippen molar-refractivity contribution in [1.82, 2.24) is 4.98 Å². The van der Waals surface area contributed by atoms with Gasteiger partial charge in [-0.05, 0) is 54.5 Å². The molecule has 0 spiro atoms. The van der Waals surface area contributed by atoms with E-state index in [1.54, 1.807) is 5.92 Å². The number of hydrogen-bond donors (Lipinski definition) is 0. The molecule has 0 N–H and O–H groups in total. The van der Waals surface area contributed by atoms with E-state index in [1.807, 2.05) is 29.5 Å². The lowest BCUT2D eigenvalue weighted by atomic mass is 9.70. The Bertz CT molecular complexity index is 803. The molecule has 4 rings (SSSR count). The number of rotatable bonds is 3. The number of nitrogens with zero attached hydrogens (tertiary/aromatic N) is 2. The van der Waals surface area contributed by atoms with Gasteiger partial charge in [-0.3, -0.25) is 0 Å². The van der Waals surface area contributed by atoms with Gasteiger partial charge in [0.15, 0.2) is 0 Å². The Labute approximate surface area is 134 Å². The predicted molar refractivity (Wildman–Crippen MR) is 89.7 cm³/mol. The molecule has 0 bridgehead atoms. The van der Waals surface area contributed by atoms with Crippen LogP contribution >= 0.6 is 11.3 Å². The fourth-order valence-electron chi connectivity index (χ4n) is 3.06. The summed E-state index contributed by atoms with van der Waals surface area (Å²) in [6.45, 7) is 0. The van der Waals surface area contributed by atoms with Gasteiger partial charge in [0, 0.05) is 6.42 Å². The molecule has 3 aromatic rings. The second kappa shape index (κ2) is 5.55. The average molecular weight is 303 g/mol. The quantitative estimate of drug-likeness (QED) is 0.692. The first-order chi connectivity index (χ1) is 10.8. The first kappa shape index (κ1) is 13.5. The third kappa shape index (κ3) is 2.51. The van der Waals surface area contributed by atoms with Crippen LogP contribution in [0.5, 0.6) is 0 Å². The minimum atomic E-state index is 0.622. The van der Waals surface area contributed by atoms with Crippen molar-refractivity contribution in [2.45, 2.75) is 25.2 Å². The van der Waals surface area contributed by atoms with Crippen LogP contribution in [0.3, 0.4) is 0 Å². The summed E-state index contributed by atoms with van der Waals surface area (Å²) < 4.78 is 1.28. The van der Waals surface area contributed by atoms with Gasteiger partial charge in [-0.1, -0.05) is 24.3 Å². The molecule has 1 aliphatic carbocycles. The van der Waals surface area contributed by atoms with Crippen LogP contribution in [0.4, 0.5) is 0 Å². The van der Waals surface area contributed by atoms with Crippen LogP contribution < -0.4 is 0 Å². The number of nitriles is 1. The number of hydrogen-bond acceptors (Lipinski definition) is 3. The highest BCUT2D eigenvalue weighted by Gasteiger charge is 2.31. The molecule has 1 radical (unpaired) electrons. The highest BCUT2D eigenvalue weighted by molar-refractivity contribution is 7.18. The monoisotopic (exact) mass is 303 g/mol. The van der Waals surface area contributed by atoms with Crippen molar-refractivity contribution in [2.75, 3.05) is 0 Å². The van der Waals surface area contributed by atoms with Crippen molar-refractivity contribution < 1.29 is 0 Å². The molecular formula is C19H15N2S. The molecule has 0 saturated heterocycles. The van der Waals surface area contributed by atoms with Crippen molar-refractivity contribution in [3.8, 4) is 6.07 Å². The molecule has 0 amide bonds. The Hall–Kier alpha value is -2.18. The summed E-state index contributed by atoms with van der Waals surface area (Å²) in [6, 6.07) is 18.5. The number of para-hydroxylation sites is 1. The van der Waals surface area contributed by atoms with Crippen LogP contribution in [0, 0.1) is 17.2 Å². The van der Waals surface area contributed by atoms with Crippen molar-refractivity contribution in [2.24, 2.45) is 0 Å². The molecule has 2 aromatic carbocycles. The van der Waals surface area contributed by atoms with Crippen LogP contribution in [-0.4, -0.2) is 4.98 Å². The van der Waals surface area contributed by atoms with E-state index in [2.05, 4.69) is 36.4 Å². The molecule has 0 atom stereocenters. The van der Waals surface area contributed by atoms with Crippen LogP contribution in [0.2, 0.25) is 0 Å². The molecule has 3 heteroatoms. The summed E-state index contributed by atoms with van der Waals surface area (Å²) in [7, 11) is 0. The summed E-state index contributed by atoms with van der Waals surface area (Å²) in [5.41, 5.74) is 3.21. The molecule has 22 heavy (non-hydrogen) atoms. The van der Waals surface area contributed by atoms with Crippen molar-refractivity contribution in [3.63, 3.8) is 0 Å². The third-order valence-corrected chi connectivity index (χ3v) is 5.36. The van der Waals surface area contributed by atoms with Gasteiger partial charge in [-0.2, -0.15) is 5.26 Å². The minimum absolute atomic E-state index is 0.622. The van der Waals surface area contributed by atoms with Crippen molar-refractivity contribution in [3.05, 3.63) is 70.6 Å². The molecule has 1 heterocycles. The predicted octanol–water partition coefficient (Wildman–Crippen LogP) is 4.86. The zero-order chi connectivity index (χ0) is 14.9. The summed E-state index contributed by atoms with van der Waals surface area (Å²) in [4.78, 5) is 4.72. The van der Waals surface area contributed by atoms with E-state index in [-0.39, 0.29) is 0 Å². The summed E-state index contributed by atoms with van der Waals surface area (Å²) >= 11 is 1.81. The number of thiazole rings is 1. The van der Waals surface area contributed by atoms with E-state index in [9.17, 15) is 0 Å². The van der Waals surface area contributed by atoms with E-state index in [1.165, 1.54) is 15.3 Å². The first-order valence-electron chi connectivity index (χ1n) is 7.50. The fourth-order valence-corrected chi connectivity index (χ4v) is 4.10. The lowest BCUT2D eigenvalue weighted by Gasteiger charge is -2.34. The minimum Gasteiger partial charge on any atom is -0.241 e. The zero-order valence-electron chi connectivity index (χ0n) is 12.1. The molecular weight excluding hydrogens is 288 g/mol. The molecule has 1 aliphatic rings. The van der Waals surface area contributed by atoms with Gasteiger partial charge in [-0.25, -0.2) is 4.98 Å². The van der Waals surface area contributed by atoms with Crippen LogP contribution in [0.15, 0.2) is 48.5 Å². The summed E-state index contributed by atoms with van der Waals surface area (Å²) in [5, 5.41) is 10.1. The second-order valence-electron chi connectivity index (χ2n) is 5.84. The molecule has 1 fully saturated rings. The van der Waals surface area contributed by atoms with E-state index in [0.29, 0.717) is 5.92 Å². The lowest BCUT2D eigenvalue weighted by molar-refractivity contribution is 0.446. The molecule has 2 nitrogen and oxygen atoms in total. The Morgan fingerprint density at radius 1 is 1.09 bits per heavy atom. The van der Waals surface area contributed by atoms with Crippen LogP contribution in [0.1, 0.15) is 34.9 Å². The maximum absolute atomic E-state index is 8.84. The standard InChI is InChI=1S/C19H15N2S/c20-12-13-5-7-15(8-6-13)16-9-14(10-16)11-19-21-17-3-1-2-4-18(17)22-19/h1-8,16H,9-11H2. The molecule has 1 aromatic heterocycles. The Balaban J connectivity index is 1.39. The van der Waals surface area contributed by atoms with Gasteiger partial charge < -0.3 is 0 Å². The smallest absolute Gasteiger partial charge is 0.0991 e. The van der Waals surface area contributed by atoms with Crippen molar-refractivity contribution in [1.29, 1.82) is 5.26 Å². The van der Waals surface area contributed by atoms with E-state index in [0.717, 1.165) is 30.3 Å². The third-order valence-electron chi connectivity index (χ3n) is 4.32. The molecule has 1 saturated carbocycles. The largest absolute Gasteiger partial charge is 0.241 e. The van der Waals surface area contributed by atoms with E-state index >= 15 is 0 Å². The molecule has 107 valence electrons. The van der Waals surface area contributed by atoms with Crippen molar-refractivity contribution >= 4 is 21.6 Å². The SMILES string of the molecule is N#Cc1ccc(C2C[C](Cc3nc4ccccc4s3)C2)cc1.